The minimum atomic E-state index is -0.283. The molecule has 1 atom stereocenters. The molecule has 0 spiro atoms. The van der Waals surface area contributed by atoms with Gasteiger partial charge in [0.2, 0.25) is 0 Å². The molecule has 1 aromatic rings. The van der Waals surface area contributed by atoms with E-state index in [4.69, 9.17) is 4.74 Å². The van der Waals surface area contributed by atoms with Crippen LogP contribution in [0.4, 0.5) is 0 Å². The molecular formula is C10H17N3O2S2. The highest BCUT2D eigenvalue weighted by Crippen LogP contribution is 2.20. The predicted octanol–water partition coefficient (Wildman–Crippen LogP) is 1.48. The maximum Gasteiger partial charge on any atom is 0.323 e. The molecule has 0 saturated carbocycles. The molecule has 0 fully saturated rings. The third-order valence-electron chi connectivity index (χ3n) is 2.01. The second-order valence-corrected chi connectivity index (χ2v) is 5.47. The first-order chi connectivity index (χ1) is 8.17. The van der Waals surface area contributed by atoms with E-state index in [2.05, 4.69) is 21.6 Å². The second-order valence-electron chi connectivity index (χ2n) is 3.45. The predicted molar refractivity (Wildman–Crippen MR) is 69.5 cm³/mol. The normalized spacial score (nSPS) is 12.4. The lowest BCUT2D eigenvalue weighted by Crippen LogP contribution is -2.40. The number of carbonyl (C=O) groups excluding carboxylic acids is 1. The Morgan fingerprint density at radius 3 is 2.94 bits per heavy atom. The summed E-state index contributed by atoms with van der Waals surface area (Å²) in [6.45, 7) is 4.71. The molecule has 1 unspecified atom stereocenters. The van der Waals surface area contributed by atoms with Crippen molar-refractivity contribution in [2.24, 2.45) is 0 Å². The second kappa shape index (κ2) is 7.62. The van der Waals surface area contributed by atoms with Crippen LogP contribution in [-0.2, 0) is 9.53 Å². The number of rotatable bonds is 7. The van der Waals surface area contributed by atoms with E-state index in [0.717, 1.165) is 23.1 Å². The van der Waals surface area contributed by atoms with Crippen molar-refractivity contribution in [1.82, 2.24) is 14.7 Å². The molecule has 0 bridgehead atoms. The van der Waals surface area contributed by atoms with E-state index < -0.39 is 0 Å². The van der Waals surface area contributed by atoms with Crippen LogP contribution in [0.2, 0.25) is 0 Å². The number of carbonyl (C=O) groups is 1. The third-order valence-corrected chi connectivity index (χ3v) is 4.03. The molecule has 1 aromatic heterocycles. The molecule has 1 heterocycles. The maximum atomic E-state index is 11.5. The summed E-state index contributed by atoms with van der Waals surface area (Å²) < 4.78 is 9.73. The van der Waals surface area contributed by atoms with Gasteiger partial charge in [-0.25, -0.2) is 4.98 Å². The number of methoxy groups -OCH3 is 1. The molecule has 0 aromatic carbocycles. The fourth-order valence-electron chi connectivity index (χ4n) is 1.16. The standard InChI is InChI=1S/C10H17N3O2S2/c1-4-5-11-8(9(14)15-3)6-16-10-12-7(2)13-17-10/h8,11H,4-6H2,1-3H3. The summed E-state index contributed by atoms with van der Waals surface area (Å²) in [6.07, 6.45) is 0.982. The van der Waals surface area contributed by atoms with E-state index in [1.165, 1.54) is 30.4 Å². The lowest BCUT2D eigenvalue weighted by molar-refractivity contribution is -0.142. The van der Waals surface area contributed by atoms with Crippen molar-refractivity contribution in [3.8, 4) is 0 Å². The van der Waals surface area contributed by atoms with Crippen molar-refractivity contribution in [3.05, 3.63) is 5.82 Å². The Balaban J connectivity index is 2.45. The van der Waals surface area contributed by atoms with Gasteiger partial charge in [-0.15, -0.1) is 0 Å². The molecule has 0 aliphatic heterocycles. The first kappa shape index (κ1) is 14.4. The first-order valence-corrected chi connectivity index (χ1v) is 7.17. The fraction of sp³-hybridized carbons (Fsp3) is 0.700. The number of nitrogens with zero attached hydrogens (tertiary/aromatic N) is 2. The Kier molecular flexibility index (Phi) is 6.46. The number of hydrogen-bond acceptors (Lipinski definition) is 7. The van der Waals surface area contributed by atoms with Crippen LogP contribution in [-0.4, -0.2) is 40.8 Å². The summed E-state index contributed by atoms with van der Waals surface area (Å²) in [7, 11) is 1.41. The van der Waals surface area contributed by atoms with Crippen molar-refractivity contribution in [3.63, 3.8) is 0 Å². The van der Waals surface area contributed by atoms with Crippen LogP contribution in [0.15, 0.2) is 4.34 Å². The third kappa shape index (κ3) is 5.01. The topological polar surface area (TPSA) is 64.1 Å². The van der Waals surface area contributed by atoms with Crippen LogP contribution in [0, 0.1) is 6.92 Å². The summed E-state index contributed by atoms with van der Waals surface area (Å²) in [5.41, 5.74) is 0. The molecule has 1 rings (SSSR count). The van der Waals surface area contributed by atoms with Crippen molar-refractivity contribution in [2.45, 2.75) is 30.6 Å². The zero-order chi connectivity index (χ0) is 12.7. The zero-order valence-electron chi connectivity index (χ0n) is 10.2. The van der Waals surface area contributed by atoms with Gasteiger partial charge >= 0.3 is 5.97 Å². The number of aromatic nitrogens is 2. The van der Waals surface area contributed by atoms with Gasteiger partial charge in [-0.1, -0.05) is 18.7 Å². The van der Waals surface area contributed by atoms with Gasteiger partial charge in [0, 0.05) is 5.75 Å². The van der Waals surface area contributed by atoms with Crippen LogP contribution in [0.3, 0.4) is 0 Å². The Hall–Kier alpha value is -0.660. The molecule has 1 N–H and O–H groups in total. The smallest absolute Gasteiger partial charge is 0.323 e. The number of aryl methyl sites for hydroxylation is 1. The first-order valence-electron chi connectivity index (χ1n) is 5.41. The van der Waals surface area contributed by atoms with Crippen LogP contribution < -0.4 is 5.32 Å². The molecule has 5 nitrogen and oxygen atoms in total. The number of hydrogen-bond donors (Lipinski definition) is 1. The molecule has 0 amide bonds. The van der Waals surface area contributed by atoms with E-state index >= 15 is 0 Å². The minimum absolute atomic E-state index is 0.229. The van der Waals surface area contributed by atoms with E-state index in [-0.39, 0.29) is 12.0 Å². The summed E-state index contributed by atoms with van der Waals surface area (Å²) in [6, 6.07) is -0.283. The highest BCUT2D eigenvalue weighted by molar-refractivity contribution is 8.01. The quantitative estimate of drug-likeness (QED) is 0.600. The van der Waals surface area contributed by atoms with Gasteiger partial charge < -0.3 is 10.1 Å². The molecule has 0 saturated heterocycles. The highest BCUT2D eigenvalue weighted by Gasteiger charge is 2.19. The largest absolute Gasteiger partial charge is 0.468 e. The van der Waals surface area contributed by atoms with Crippen LogP contribution >= 0.6 is 23.3 Å². The molecule has 0 aliphatic carbocycles. The number of thioether (sulfide) groups is 1. The van der Waals surface area contributed by atoms with Gasteiger partial charge in [0.05, 0.1) is 7.11 Å². The van der Waals surface area contributed by atoms with Crippen LogP contribution in [0.25, 0.3) is 0 Å². The van der Waals surface area contributed by atoms with E-state index in [1.54, 1.807) is 0 Å². The zero-order valence-corrected chi connectivity index (χ0v) is 11.9. The van der Waals surface area contributed by atoms with Gasteiger partial charge in [0.1, 0.15) is 11.9 Å². The van der Waals surface area contributed by atoms with Crippen LogP contribution in [0.5, 0.6) is 0 Å². The Morgan fingerprint density at radius 1 is 1.65 bits per heavy atom. The van der Waals surface area contributed by atoms with Gasteiger partial charge in [-0.05, 0) is 31.4 Å². The summed E-state index contributed by atoms with van der Waals surface area (Å²) in [5, 5.41) is 3.16. The van der Waals surface area contributed by atoms with Gasteiger partial charge in [0.15, 0.2) is 4.34 Å². The van der Waals surface area contributed by atoms with Crippen molar-refractivity contribution in [1.29, 1.82) is 0 Å². The lowest BCUT2D eigenvalue weighted by Gasteiger charge is -2.14. The highest BCUT2D eigenvalue weighted by atomic mass is 32.2. The molecule has 0 radical (unpaired) electrons. The average molecular weight is 275 g/mol. The summed E-state index contributed by atoms with van der Waals surface area (Å²) in [5.74, 6) is 1.15. The van der Waals surface area contributed by atoms with Gasteiger partial charge in [-0.2, -0.15) is 4.37 Å². The van der Waals surface area contributed by atoms with Gasteiger partial charge in [0.25, 0.3) is 0 Å². The van der Waals surface area contributed by atoms with Crippen molar-refractivity contribution in [2.75, 3.05) is 19.4 Å². The van der Waals surface area contributed by atoms with Crippen molar-refractivity contribution >= 4 is 29.3 Å². The lowest BCUT2D eigenvalue weighted by atomic mass is 10.3. The number of nitrogens with one attached hydrogen (secondary N) is 1. The molecule has 17 heavy (non-hydrogen) atoms. The van der Waals surface area contributed by atoms with E-state index in [9.17, 15) is 4.79 Å². The molecule has 0 aliphatic rings. The average Bonchev–Trinajstić information content (AvgIpc) is 2.74. The van der Waals surface area contributed by atoms with E-state index in [0.29, 0.717) is 5.75 Å². The van der Waals surface area contributed by atoms with Crippen molar-refractivity contribution < 1.29 is 9.53 Å². The Labute approximate surface area is 110 Å². The Bertz CT molecular complexity index is 357. The molecular weight excluding hydrogens is 258 g/mol. The summed E-state index contributed by atoms with van der Waals surface area (Å²) >= 11 is 2.88. The van der Waals surface area contributed by atoms with Crippen LogP contribution in [0.1, 0.15) is 19.2 Å². The van der Waals surface area contributed by atoms with Gasteiger partial charge in [-0.3, -0.25) is 4.79 Å². The SMILES string of the molecule is CCCNC(CSc1nc(C)ns1)C(=O)OC. The number of ether oxygens (including phenoxy) is 1. The summed E-state index contributed by atoms with van der Waals surface area (Å²) in [4.78, 5) is 15.8. The minimum Gasteiger partial charge on any atom is -0.468 e. The monoisotopic (exact) mass is 275 g/mol. The Morgan fingerprint density at radius 2 is 2.41 bits per heavy atom. The maximum absolute atomic E-state index is 11.5. The number of esters is 1. The van der Waals surface area contributed by atoms with E-state index in [1.807, 2.05) is 6.92 Å². The molecule has 96 valence electrons. The molecule has 7 heteroatoms. The fourth-order valence-corrected chi connectivity index (χ4v) is 2.87.